The van der Waals surface area contributed by atoms with Crippen LogP contribution >= 0.6 is 11.3 Å². The van der Waals surface area contributed by atoms with Crippen LogP contribution in [0.4, 0.5) is 8.78 Å². The van der Waals surface area contributed by atoms with Crippen LogP contribution in [0.3, 0.4) is 0 Å². The van der Waals surface area contributed by atoms with Gasteiger partial charge in [-0.05, 0) is 31.9 Å². The average molecular weight is 433 g/mol. The molecule has 0 saturated carbocycles. The highest BCUT2D eigenvalue weighted by Crippen LogP contribution is 2.29. The van der Waals surface area contributed by atoms with E-state index < -0.39 is 22.5 Å². The summed E-state index contributed by atoms with van der Waals surface area (Å²) in [5.41, 5.74) is 0. The van der Waals surface area contributed by atoms with Crippen LogP contribution in [0.25, 0.3) is 0 Å². The van der Waals surface area contributed by atoms with Crippen LogP contribution in [-0.4, -0.2) is 53.2 Å². The van der Waals surface area contributed by atoms with Gasteiger partial charge in [-0.25, -0.2) is 13.4 Å². The van der Waals surface area contributed by atoms with E-state index >= 15 is 0 Å². The van der Waals surface area contributed by atoms with Gasteiger partial charge in [0.05, 0.1) is 12.5 Å². The van der Waals surface area contributed by atoms with Gasteiger partial charge in [0.25, 0.3) is 10.0 Å². The Labute approximate surface area is 166 Å². The molecule has 0 spiro atoms. The number of nitrogens with zero attached hydrogens (tertiary/aromatic N) is 4. The number of carbonyl (C=O) groups is 1. The molecule has 1 saturated heterocycles. The van der Waals surface area contributed by atoms with Crippen molar-refractivity contribution in [3.63, 3.8) is 0 Å². The van der Waals surface area contributed by atoms with Gasteiger partial charge >= 0.3 is 6.55 Å². The van der Waals surface area contributed by atoms with Gasteiger partial charge in [0.15, 0.2) is 0 Å². The topological polar surface area (TPSA) is 75.5 Å². The van der Waals surface area contributed by atoms with Crippen molar-refractivity contribution in [3.05, 3.63) is 35.2 Å². The van der Waals surface area contributed by atoms with E-state index in [-0.39, 0.29) is 29.0 Å². The van der Waals surface area contributed by atoms with Crippen LogP contribution in [0.2, 0.25) is 0 Å². The minimum atomic E-state index is -3.64. The molecule has 11 heteroatoms. The van der Waals surface area contributed by atoms with E-state index in [2.05, 4.69) is 4.98 Å². The van der Waals surface area contributed by atoms with E-state index in [1.54, 1.807) is 12.1 Å². The Balaban J connectivity index is 1.69. The lowest BCUT2D eigenvalue weighted by Gasteiger charge is -2.32. The number of hydrogen-bond donors (Lipinski definition) is 0. The van der Waals surface area contributed by atoms with E-state index in [1.807, 2.05) is 6.92 Å². The Morgan fingerprint density at radius 2 is 2.18 bits per heavy atom. The maximum absolute atomic E-state index is 13.0. The van der Waals surface area contributed by atoms with E-state index in [0.29, 0.717) is 24.0 Å². The number of aryl methyl sites for hydroxylation is 1. The van der Waals surface area contributed by atoms with Gasteiger partial charge in [-0.2, -0.15) is 13.1 Å². The first kappa shape index (κ1) is 20.9. The third-order valence-corrected chi connectivity index (χ3v) is 8.09. The highest BCUT2D eigenvalue weighted by atomic mass is 32.2. The molecule has 3 heterocycles. The lowest BCUT2D eigenvalue weighted by Crippen LogP contribution is -2.45. The molecule has 0 N–H and O–H groups in total. The van der Waals surface area contributed by atoms with Crippen LogP contribution in [0.5, 0.6) is 0 Å². The zero-order valence-electron chi connectivity index (χ0n) is 15.6. The highest BCUT2D eigenvalue weighted by molar-refractivity contribution is 7.91. The molecule has 1 amide bonds. The van der Waals surface area contributed by atoms with Gasteiger partial charge < -0.3 is 4.90 Å². The second kappa shape index (κ2) is 8.26. The molecule has 1 aliphatic heterocycles. The maximum Gasteiger partial charge on any atom is 0.319 e. The van der Waals surface area contributed by atoms with Crippen LogP contribution in [0, 0.1) is 12.8 Å². The zero-order valence-corrected chi connectivity index (χ0v) is 17.2. The number of imidazole rings is 1. The summed E-state index contributed by atoms with van der Waals surface area (Å²) in [6.07, 6.45) is 3.55. The van der Waals surface area contributed by atoms with Gasteiger partial charge in [0.1, 0.15) is 10.0 Å². The fourth-order valence-electron chi connectivity index (χ4n) is 3.29. The minimum absolute atomic E-state index is 0.0659. The minimum Gasteiger partial charge on any atom is -0.338 e. The monoisotopic (exact) mass is 432 g/mol. The summed E-state index contributed by atoms with van der Waals surface area (Å²) < 4.78 is 53.9. The molecule has 28 heavy (non-hydrogen) atoms. The molecule has 154 valence electrons. The number of hydrogen-bond acceptors (Lipinski definition) is 5. The smallest absolute Gasteiger partial charge is 0.319 e. The average Bonchev–Trinajstić information content (AvgIpc) is 3.30. The van der Waals surface area contributed by atoms with Crippen LogP contribution < -0.4 is 0 Å². The predicted octanol–water partition coefficient (Wildman–Crippen LogP) is 2.71. The molecule has 0 unspecified atom stereocenters. The Bertz CT molecular complexity index is 942. The van der Waals surface area contributed by atoms with E-state index in [9.17, 15) is 22.0 Å². The molecule has 1 fully saturated rings. The first-order chi connectivity index (χ1) is 13.2. The van der Waals surface area contributed by atoms with Gasteiger partial charge in [-0.1, -0.05) is 0 Å². The fourth-order valence-corrected chi connectivity index (χ4v) is 6.25. The predicted molar refractivity (Wildman–Crippen MR) is 100 cm³/mol. The van der Waals surface area contributed by atoms with Gasteiger partial charge in [-0.3, -0.25) is 9.36 Å². The summed E-state index contributed by atoms with van der Waals surface area (Å²) in [5.74, 6) is -0.698. The third-order valence-electron chi connectivity index (χ3n) is 4.76. The van der Waals surface area contributed by atoms with Crippen molar-refractivity contribution < 1.29 is 22.0 Å². The van der Waals surface area contributed by atoms with Crippen molar-refractivity contribution in [2.45, 2.75) is 37.1 Å². The first-order valence-corrected chi connectivity index (χ1v) is 11.1. The number of aromatic nitrogens is 2. The second-order valence-corrected chi connectivity index (χ2v) is 10.2. The summed E-state index contributed by atoms with van der Waals surface area (Å²) in [7, 11) is -2.12. The molecule has 0 bridgehead atoms. The standard InChI is InChI=1S/C17H22F2N4O3S2/c1-12-5-6-15(27-12)28(25,26)22-8-3-4-13(10-22)16(24)21(2)11-14-20-7-9-23(14)17(18)19/h5-7,9,13,17H,3-4,8,10-11H2,1-2H3/t13-/m0/s1. The molecule has 0 aliphatic carbocycles. The summed E-state index contributed by atoms with van der Waals surface area (Å²) in [4.78, 5) is 18.9. The molecule has 1 aliphatic rings. The van der Waals surface area contributed by atoms with Crippen molar-refractivity contribution in [2.75, 3.05) is 20.1 Å². The van der Waals surface area contributed by atoms with Crippen molar-refractivity contribution >= 4 is 27.3 Å². The molecule has 2 aromatic heterocycles. The first-order valence-electron chi connectivity index (χ1n) is 8.81. The molecule has 3 rings (SSSR count). The number of halogens is 2. The van der Waals surface area contributed by atoms with E-state index in [0.717, 1.165) is 11.1 Å². The molecule has 0 aromatic carbocycles. The number of amides is 1. The molecule has 1 atom stereocenters. The summed E-state index contributed by atoms with van der Waals surface area (Å²) >= 11 is 1.20. The van der Waals surface area contributed by atoms with Crippen LogP contribution in [-0.2, 0) is 21.4 Å². The van der Waals surface area contributed by atoms with Crippen molar-refractivity contribution in [2.24, 2.45) is 5.92 Å². The summed E-state index contributed by atoms with van der Waals surface area (Å²) in [5, 5.41) is 0. The van der Waals surface area contributed by atoms with Gasteiger partial charge in [0, 0.05) is 37.4 Å². The van der Waals surface area contributed by atoms with Gasteiger partial charge in [-0.15, -0.1) is 11.3 Å². The SMILES string of the molecule is Cc1ccc(S(=O)(=O)N2CCC[C@H](C(=O)N(C)Cc3nccn3C(F)F)C2)s1. The molecular formula is C17H22F2N4O3S2. The Morgan fingerprint density at radius 1 is 1.43 bits per heavy atom. The molecule has 0 radical (unpaired) electrons. The molecule has 2 aromatic rings. The van der Waals surface area contributed by atoms with Crippen molar-refractivity contribution in [1.29, 1.82) is 0 Å². The zero-order chi connectivity index (χ0) is 20.5. The largest absolute Gasteiger partial charge is 0.338 e. The Hall–Kier alpha value is -1.85. The number of sulfonamides is 1. The third kappa shape index (κ3) is 4.26. The fraction of sp³-hybridized carbons (Fsp3) is 0.529. The quantitative estimate of drug-likeness (QED) is 0.703. The van der Waals surface area contributed by atoms with E-state index in [1.165, 1.54) is 33.8 Å². The normalized spacial score (nSPS) is 18.5. The molecular weight excluding hydrogens is 410 g/mol. The Kier molecular flexibility index (Phi) is 6.15. The summed E-state index contributed by atoms with van der Waals surface area (Å²) in [6, 6.07) is 3.33. The maximum atomic E-state index is 13.0. The summed E-state index contributed by atoms with van der Waals surface area (Å²) in [6.45, 7) is -0.506. The number of rotatable bonds is 6. The lowest BCUT2D eigenvalue weighted by atomic mass is 9.98. The number of alkyl halides is 2. The second-order valence-electron chi connectivity index (χ2n) is 6.79. The number of piperidine rings is 1. The van der Waals surface area contributed by atoms with Crippen molar-refractivity contribution in [3.8, 4) is 0 Å². The van der Waals surface area contributed by atoms with Crippen LogP contribution in [0.1, 0.15) is 30.1 Å². The van der Waals surface area contributed by atoms with Crippen molar-refractivity contribution in [1.82, 2.24) is 18.8 Å². The van der Waals surface area contributed by atoms with Gasteiger partial charge in [0.2, 0.25) is 5.91 Å². The Morgan fingerprint density at radius 3 is 2.82 bits per heavy atom. The lowest BCUT2D eigenvalue weighted by molar-refractivity contribution is -0.136. The number of carbonyl (C=O) groups excluding carboxylic acids is 1. The van der Waals surface area contributed by atoms with E-state index in [4.69, 9.17) is 0 Å². The highest BCUT2D eigenvalue weighted by Gasteiger charge is 2.35. The number of thiophene rings is 1. The van der Waals surface area contributed by atoms with Crippen LogP contribution in [0.15, 0.2) is 28.7 Å². The molecule has 7 nitrogen and oxygen atoms in total.